The summed E-state index contributed by atoms with van der Waals surface area (Å²) in [4.78, 5) is 1.16. The van der Waals surface area contributed by atoms with Crippen molar-refractivity contribution >= 4 is 27.4 Å². The molecule has 1 unspecified atom stereocenters. The van der Waals surface area contributed by atoms with E-state index in [1.54, 1.807) is 0 Å². The average Bonchev–Trinajstić information content (AvgIpc) is 2.07. The van der Waals surface area contributed by atoms with Gasteiger partial charge in [-0.05, 0) is 17.0 Å². The van der Waals surface area contributed by atoms with E-state index in [2.05, 4.69) is 0 Å². The molecule has 0 spiro atoms. The van der Waals surface area contributed by atoms with Crippen LogP contribution in [0.4, 0.5) is 0 Å². The Bertz CT molecular complexity index is 261. The van der Waals surface area contributed by atoms with Gasteiger partial charge in [0.15, 0.2) is 0 Å². The first-order valence-corrected chi connectivity index (χ1v) is 5.51. The van der Waals surface area contributed by atoms with Crippen LogP contribution in [0.3, 0.4) is 0 Å². The summed E-state index contributed by atoms with van der Waals surface area (Å²) in [6.07, 6.45) is 0. The van der Waals surface area contributed by atoms with Crippen LogP contribution >= 0.6 is 23.1 Å². The lowest BCUT2D eigenvalue weighted by Crippen LogP contribution is -2.15. The van der Waals surface area contributed by atoms with Gasteiger partial charge in [0.1, 0.15) is 4.32 Å². The third-order valence-electron chi connectivity index (χ3n) is 1.52. The number of thiocarbonyl (C=S) groups is 1. The number of thiol groups is 1. The van der Waals surface area contributed by atoms with E-state index in [-0.39, 0.29) is 0 Å². The van der Waals surface area contributed by atoms with Gasteiger partial charge in [-0.2, -0.15) is 10.9 Å². The molecule has 1 atom stereocenters. The maximum absolute atomic E-state index is 5.57. The molecular weight excluding hydrogens is 188 g/mol. The molecule has 66 valence electrons. The predicted octanol–water partition coefficient (Wildman–Crippen LogP) is 1.21. The molecule has 12 heavy (non-hydrogen) atoms. The second-order valence-electron chi connectivity index (χ2n) is 2.28. The highest BCUT2D eigenvalue weighted by atomic mass is 32.2. The second-order valence-corrected chi connectivity index (χ2v) is 5.25. The summed E-state index contributed by atoms with van der Waals surface area (Å²) in [5.74, 6) is 0.536. The first-order chi connectivity index (χ1) is 5.75. The monoisotopic (exact) mass is 200 g/mol. The summed E-state index contributed by atoms with van der Waals surface area (Å²) in [6, 6.07) is 9.93. The van der Waals surface area contributed by atoms with Crippen LogP contribution in [-0.2, 0) is 0 Å². The zero-order valence-electron chi connectivity index (χ0n) is 6.60. The van der Waals surface area contributed by atoms with Gasteiger partial charge < -0.3 is 11.5 Å². The summed E-state index contributed by atoms with van der Waals surface area (Å²) in [7, 11) is -0.626. The van der Waals surface area contributed by atoms with Crippen molar-refractivity contribution in [3.8, 4) is 0 Å². The van der Waals surface area contributed by atoms with Crippen molar-refractivity contribution in [2.24, 2.45) is 11.5 Å². The molecule has 0 aliphatic rings. The van der Waals surface area contributed by atoms with Gasteiger partial charge in [0.05, 0.1) is 0 Å². The molecule has 4 N–H and O–H groups in total. The van der Waals surface area contributed by atoms with Crippen LogP contribution in [0, 0.1) is 0 Å². The molecule has 4 heteroatoms. The molecule has 0 radical (unpaired) electrons. The van der Waals surface area contributed by atoms with Crippen LogP contribution in [0.15, 0.2) is 35.2 Å². The number of rotatable bonds is 2. The lowest BCUT2D eigenvalue weighted by Gasteiger charge is -2.17. The molecule has 0 saturated heterocycles. The third-order valence-corrected chi connectivity index (χ3v) is 4.00. The lowest BCUT2D eigenvalue weighted by atomic mass is 10.4. The maximum Gasteiger partial charge on any atom is 0.116 e. The SMILES string of the molecule is NC[SH](C(N)=S)c1ccccc1. The molecule has 1 aromatic rings. The van der Waals surface area contributed by atoms with Crippen LogP contribution in [0.5, 0.6) is 0 Å². The molecule has 1 aromatic carbocycles. The summed E-state index contributed by atoms with van der Waals surface area (Å²) < 4.78 is 0.527. The first-order valence-electron chi connectivity index (χ1n) is 3.58. The quantitative estimate of drug-likeness (QED) is 0.497. The van der Waals surface area contributed by atoms with Gasteiger partial charge in [-0.1, -0.05) is 30.4 Å². The Morgan fingerprint density at radius 3 is 2.33 bits per heavy atom. The summed E-state index contributed by atoms with van der Waals surface area (Å²) >= 11 is 4.92. The normalized spacial score (nSPS) is 13.9. The Balaban J connectivity index is 2.88. The van der Waals surface area contributed by atoms with E-state index in [4.69, 9.17) is 23.7 Å². The fourth-order valence-corrected chi connectivity index (χ4v) is 2.65. The summed E-state index contributed by atoms with van der Waals surface area (Å²) in [6.45, 7) is 0. The molecule has 0 amide bonds. The van der Waals surface area contributed by atoms with Gasteiger partial charge in [-0.3, -0.25) is 0 Å². The largest absolute Gasteiger partial charge is 0.386 e. The van der Waals surface area contributed by atoms with Gasteiger partial charge in [-0.15, -0.1) is 0 Å². The van der Waals surface area contributed by atoms with E-state index < -0.39 is 10.9 Å². The minimum atomic E-state index is -0.626. The van der Waals surface area contributed by atoms with Crippen molar-refractivity contribution in [3.05, 3.63) is 30.3 Å². The minimum absolute atomic E-state index is 0.527. The molecule has 0 aliphatic carbocycles. The number of benzene rings is 1. The molecule has 0 aliphatic heterocycles. The number of hydrogen-bond donors (Lipinski definition) is 3. The van der Waals surface area contributed by atoms with Gasteiger partial charge in [0, 0.05) is 5.88 Å². The van der Waals surface area contributed by atoms with Gasteiger partial charge >= 0.3 is 0 Å². The van der Waals surface area contributed by atoms with Crippen molar-refractivity contribution in [1.82, 2.24) is 0 Å². The molecule has 0 heterocycles. The highest BCUT2D eigenvalue weighted by Crippen LogP contribution is 2.33. The van der Waals surface area contributed by atoms with Crippen molar-refractivity contribution in [3.63, 3.8) is 0 Å². The molecule has 0 fully saturated rings. The molecular formula is C8H12N2S2. The second kappa shape index (κ2) is 4.45. The van der Waals surface area contributed by atoms with E-state index in [0.29, 0.717) is 10.2 Å². The summed E-state index contributed by atoms with van der Waals surface area (Å²) in [5, 5.41) is 0. The van der Waals surface area contributed by atoms with Crippen LogP contribution in [-0.4, -0.2) is 10.2 Å². The number of nitrogens with two attached hydrogens (primary N) is 2. The highest BCUT2D eigenvalue weighted by Gasteiger charge is 2.05. The first kappa shape index (κ1) is 9.51. The van der Waals surface area contributed by atoms with Gasteiger partial charge in [-0.25, -0.2) is 0 Å². The molecule has 1 rings (SSSR count). The standard InChI is InChI=1S/C8H12N2S2/c9-6-12(8(10)11)7-4-2-1-3-5-7/h1-5,12H,6,9H2,(H2,10,11). The predicted molar refractivity (Wildman–Crippen MR) is 59.5 cm³/mol. The van der Waals surface area contributed by atoms with Gasteiger partial charge in [0.25, 0.3) is 0 Å². The Labute approximate surface area is 80.3 Å². The molecule has 0 aromatic heterocycles. The summed E-state index contributed by atoms with van der Waals surface area (Å²) in [5.41, 5.74) is 11.1. The van der Waals surface area contributed by atoms with Crippen molar-refractivity contribution in [2.75, 3.05) is 5.88 Å². The van der Waals surface area contributed by atoms with E-state index in [0.717, 1.165) is 4.90 Å². The Morgan fingerprint density at radius 2 is 1.92 bits per heavy atom. The Kier molecular flexibility index (Phi) is 3.52. The lowest BCUT2D eigenvalue weighted by molar-refractivity contribution is 1.36. The Hall–Kier alpha value is -0.580. The smallest absolute Gasteiger partial charge is 0.116 e. The van der Waals surface area contributed by atoms with Crippen molar-refractivity contribution in [1.29, 1.82) is 0 Å². The van der Waals surface area contributed by atoms with E-state index in [9.17, 15) is 0 Å². The molecule has 0 bridgehead atoms. The molecule has 2 nitrogen and oxygen atoms in total. The molecule has 0 saturated carbocycles. The highest BCUT2D eigenvalue weighted by molar-refractivity contribution is 8.36. The zero-order chi connectivity index (χ0) is 8.97. The van der Waals surface area contributed by atoms with Crippen molar-refractivity contribution in [2.45, 2.75) is 4.90 Å². The van der Waals surface area contributed by atoms with Crippen LogP contribution in [0.2, 0.25) is 0 Å². The average molecular weight is 200 g/mol. The Morgan fingerprint density at radius 1 is 1.33 bits per heavy atom. The van der Waals surface area contributed by atoms with Crippen LogP contribution in [0.1, 0.15) is 0 Å². The van der Waals surface area contributed by atoms with E-state index in [1.807, 2.05) is 30.3 Å². The van der Waals surface area contributed by atoms with Crippen LogP contribution < -0.4 is 11.5 Å². The number of hydrogen-bond acceptors (Lipinski definition) is 2. The fraction of sp³-hybridized carbons (Fsp3) is 0.125. The minimum Gasteiger partial charge on any atom is -0.386 e. The zero-order valence-corrected chi connectivity index (χ0v) is 8.31. The van der Waals surface area contributed by atoms with Gasteiger partial charge in [0.2, 0.25) is 0 Å². The third kappa shape index (κ3) is 2.20. The van der Waals surface area contributed by atoms with Crippen molar-refractivity contribution < 1.29 is 0 Å². The fourth-order valence-electron chi connectivity index (χ4n) is 0.931. The van der Waals surface area contributed by atoms with Crippen LogP contribution in [0.25, 0.3) is 0 Å². The topological polar surface area (TPSA) is 52.0 Å². The van der Waals surface area contributed by atoms with E-state index >= 15 is 0 Å². The maximum atomic E-state index is 5.57. The van der Waals surface area contributed by atoms with E-state index in [1.165, 1.54) is 0 Å².